The van der Waals surface area contributed by atoms with Crippen LogP contribution in [-0.4, -0.2) is 18.4 Å². The van der Waals surface area contributed by atoms with E-state index in [1.54, 1.807) is 0 Å². The van der Waals surface area contributed by atoms with Gasteiger partial charge in [0.05, 0.1) is 0 Å². The average Bonchev–Trinajstić information content (AvgIpc) is 1.52. The molecule has 1 atom stereocenters. The van der Waals surface area contributed by atoms with Crippen LogP contribution in [0.5, 0.6) is 0 Å². The van der Waals surface area contributed by atoms with Crippen molar-refractivity contribution in [1.29, 1.82) is 0 Å². The highest BCUT2D eigenvalue weighted by Gasteiger charge is 2.59. The van der Waals surface area contributed by atoms with Crippen molar-refractivity contribution in [1.82, 2.24) is 0 Å². The lowest BCUT2D eigenvalue weighted by Gasteiger charge is -2.24. The van der Waals surface area contributed by atoms with Gasteiger partial charge in [0.1, 0.15) is 0 Å². The molecule has 0 saturated carbocycles. The van der Waals surface area contributed by atoms with Gasteiger partial charge in [0, 0.05) is 6.92 Å². The Morgan fingerprint density at radius 2 is 1.15 bits per heavy atom. The second-order valence-corrected chi connectivity index (χ2v) is 1.96. The van der Waals surface area contributed by atoms with Gasteiger partial charge in [-0.3, -0.25) is 4.70 Å². The summed E-state index contributed by atoms with van der Waals surface area (Å²) in [7, 11) is 0. The summed E-state index contributed by atoms with van der Waals surface area (Å²) in [5, 5.41) is 0. The van der Waals surface area contributed by atoms with Crippen molar-refractivity contribution < 1.29 is 40.2 Å². The summed E-state index contributed by atoms with van der Waals surface area (Å²) in [5.41, 5.74) is 0. The van der Waals surface area contributed by atoms with Crippen molar-refractivity contribution in [2.24, 2.45) is 0 Å². The van der Waals surface area contributed by atoms with E-state index in [1.807, 2.05) is 0 Å². The Balaban J connectivity index is 0. The van der Waals surface area contributed by atoms with Crippen molar-refractivity contribution >= 4 is 0 Å². The Morgan fingerprint density at radius 1 is 0.846 bits per heavy atom. The molecule has 1 nitrogen and oxygen atoms in total. The first-order valence-electron chi connectivity index (χ1n) is 2.48. The minimum absolute atomic E-state index is 0. The molecule has 0 rings (SSSR count). The van der Waals surface area contributed by atoms with E-state index in [1.165, 1.54) is 0 Å². The van der Waals surface area contributed by atoms with E-state index in [0.29, 0.717) is 0 Å². The maximum atomic E-state index is 12.0. The maximum Gasteiger partial charge on any atom is 0.525 e. The summed E-state index contributed by atoms with van der Waals surface area (Å²) in [6.45, 7) is -0.361. The fraction of sp³-hybridized carbons (Fsp3) is 1.00. The number of hydrogen-bond donors (Lipinski definition) is 0. The Labute approximate surface area is 66.8 Å². The number of halogens is 8. The summed E-state index contributed by atoms with van der Waals surface area (Å²) >= 11 is 0. The summed E-state index contributed by atoms with van der Waals surface area (Å²) in [4.78, 5) is 0. The molecule has 0 aliphatic rings. The van der Waals surface area contributed by atoms with Crippen LogP contribution in [0.25, 0.3) is 0 Å². The van der Waals surface area contributed by atoms with Gasteiger partial charge in [0.2, 0.25) is 0 Å². The molecule has 82 valence electrons. The number of alkyl halides is 7. The highest BCUT2D eigenvalue weighted by Crippen LogP contribution is 2.38. The van der Waals surface area contributed by atoms with E-state index < -0.39 is 18.4 Å². The highest BCUT2D eigenvalue weighted by atomic mass is 19.4. The summed E-state index contributed by atoms with van der Waals surface area (Å²) in [5.74, 6) is -4.70. The first-order valence-corrected chi connectivity index (χ1v) is 2.48. The summed E-state index contributed by atoms with van der Waals surface area (Å²) in [6, 6.07) is 0. The van der Waals surface area contributed by atoms with E-state index >= 15 is 0 Å². The lowest BCUT2D eigenvalue weighted by atomic mass is 10.3. The fourth-order valence-electron chi connectivity index (χ4n) is 0.275. The zero-order chi connectivity index (χ0) is 10.2. The zero-order valence-corrected chi connectivity index (χ0v) is 5.96. The molecule has 0 aromatic rings. The lowest BCUT2D eigenvalue weighted by molar-refractivity contribution is -0.442. The molecule has 0 aromatic carbocycles. The van der Waals surface area contributed by atoms with Crippen molar-refractivity contribution in [2.45, 2.75) is 25.3 Å². The molecule has 0 fully saturated rings. The topological polar surface area (TPSA) is 9.23 Å². The minimum atomic E-state index is -5.71. The molecule has 9 heteroatoms. The maximum absolute atomic E-state index is 12.0. The summed E-state index contributed by atoms with van der Waals surface area (Å²) in [6.07, 6.45) is -11.4. The van der Waals surface area contributed by atoms with Gasteiger partial charge < -0.3 is 0 Å². The van der Waals surface area contributed by atoms with Crippen molar-refractivity contribution in [3.05, 3.63) is 0 Å². The Bertz CT molecular complexity index is 155. The average molecular weight is 220 g/mol. The van der Waals surface area contributed by atoms with Gasteiger partial charge in [-0.25, -0.2) is 9.13 Å². The zero-order valence-electron chi connectivity index (χ0n) is 5.96. The number of ether oxygens (including phenoxy) is 1. The molecule has 0 aliphatic carbocycles. The third kappa shape index (κ3) is 4.86. The quantitative estimate of drug-likeness (QED) is 0.617. The predicted molar refractivity (Wildman–Crippen MR) is 25.2 cm³/mol. The Kier molecular flexibility index (Phi) is 4.17. The van der Waals surface area contributed by atoms with Gasteiger partial charge in [0.15, 0.2) is 0 Å². The molecular formula is C4H4F8O. The van der Waals surface area contributed by atoms with Gasteiger partial charge in [-0.05, 0) is 0 Å². The van der Waals surface area contributed by atoms with Crippen LogP contribution in [0.4, 0.5) is 35.4 Å². The Hall–Kier alpha value is -0.600. The van der Waals surface area contributed by atoms with Gasteiger partial charge in [-0.15, -0.1) is 13.2 Å². The van der Waals surface area contributed by atoms with Crippen LogP contribution in [0.2, 0.25) is 0 Å². The lowest BCUT2D eigenvalue weighted by Crippen LogP contribution is -2.44. The monoisotopic (exact) mass is 220 g/mol. The molecule has 0 saturated heterocycles. The van der Waals surface area contributed by atoms with Crippen molar-refractivity contribution in [3.63, 3.8) is 0 Å². The minimum Gasteiger partial charge on any atom is -0.269 e. The van der Waals surface area contributed by atoms with Gasteiger partial charge in [-0.2, -0.15) is 13.2 Å². The van der Waals surface area contributed by atoms with E-state index in [9.17, 15) is 30.7 Å². The SMILES string of the molecule is CC(F)(OC(F)(F)F)C(F)(F)F.F. The number of hydrogen-bond acceptors (Lipinski definition) is 1. The van der Waals surface area contributed by atoms with Crippen molar-refractivity contribution in [2.75, 3.05) is 0 Å². The molecule has 0 heterocycles. The third-order valence-corrected chi connectivity index (χ3v) is 0.814. The third-order valence-electron chi connectivity index (χ3n) is 0.814. The fourth-order valence-corrected chi connectivity index (χ4v) is 0.275. The van der Waals surface area contributed by atoms with Crippen LogP contribution in [0.1, 0.15) is 6.92 Å². The number of rotatable bonds is 1. The highest BCUT2D eigenvalue weighted by molar-refractivity contribution is 4.71. The smallest absolute Gasteiger partial charge is 0.269 e. The van der Waals surface area contributed by atoms with Crippen LogP contribution < -0.4 is 0 Å². The molecule has 1 unspecified atom stereocenters. The van der Waals surface area contributed by atoms with Crippen LogP contribution in [-0.2, 0) is 4.74 Å². The van der Waals surface area contributed by atoms with Gasteiger partial charge in [0.25, 0.3) is 0 Å². The normalized spacial score (nSPS) is 17.5. The Morgan fingerprint density at radius 3 is 1.23 bits per heavy atom. The molecule has 0 spiro atoms. The molecular weight excluding hydrogens is 216 g/mol. The van der Waals surface area contributed by atoms with Crippen LogP contribution in [0.15, 0.2) is 0 Å². The molecule has 0 amide bonds. The van der Waals surface area contributed by atoms with Gasteiger partial charge in [-0.1, -0.05) is 0 Å². The predicted octanol–water partition coefficient (Wildman–Crippen LogP) is 2.92. The molecule has 0 aromatic heterocycles. The second-order valence-electron chi connectivity index (χ2n) is 1.96. The second kappa shape index (κ2) is 3.64. The van der Waals surface area contributed by atoms with E-state index in [2.05, 4.69) is 4.74 Å². The van der Waals surface area contributed by atoms with Crippen LogP contribution >= 0.6 is 0 Å². The first kappa shape index (κ1) is 14.9. The standard InChI is InChI=1S/C4H3F7O.FH/c1-2(5,3(6,7)8)12-4(9,10)11;/h1H3;1H. The molecule has 0 N–H and O–H groups in total. The van der Waals surface area contributed by atoms with Crippen molar-refractivity contribution in [3.8, 4) is 0 Å². The van der Waals surface area contributed by atoms with E-state index in [-0.39, 0.29) is 11.6 Å². The molecule has 13 heavy (non-hydrogen) atoms. The molecule has 0 aliphatic heterocycles. The van der Waals surface area contributed by atoms with Crippen LogP contribution in [0.3, 0.4) is 0 Å². The molecule has 0 radical (unpaired) electrons. The summed E-state index contributed by atoms with van der Waals surface area (Å²) < 4.78 is 81.7. The van der Waals surface area contributed by atoms with Crippen LogP contribution in [0, 0.1) is 0 Å². The first-order chi connectivity index (χ1) is 4.96. The van der Waals surface area contributed by atoms with E-state index in [0.717, 1.165) is 0 Å². The largest absolute Gasteiger partial charge is 0.525 e. The van der Waals surface area contributed by atoms with E-state index in [4.69, 9.17) is 0 Å². The van der Waals surface area contributed by atoms with Gasteiger partial charge >= 0.3 is 18.4 Å². The molecule has 0 bridgehead atoms.